The first kappa shape index (κ1) is 14.1. The van der Waals surface area contributed by atoms with Crippen LogP contribution >= 0.6 is 15.9 Å². The molecule has 0 bridgehead atoms. The summed E-state index contributed by atoms with van der Waals surface area (Å²) < 4.78 is 13.9. The van der Waals surface area contributed by atoms with Crippen LogP contribution in [0.25, 0.3) is 0 Å². The minimum Gasteiger partial charge on any atom is -0.351 e. The summed E-state index contributed by atoms with van der Waals surface area (Å²) in [6.45, 7) is 4.20. The van der Waals surface area contributed by atoms with Gasteiger partial charge < -0.3 is 10.2 Å². The number of nitrogens with one attached hydrogen (secondary N) is 1. The lowest BCUT2D eigenvalue weighted by atomic mass is 10.2. The van der Waals surface area contributed by atoms with E-state index in [4.69, 9.17) is 0 Å². The van der Waals surface area contributed by atoms with Gasteiger partial charge in [-0.15, -0.1) is 0 Å². The van der Waals surface area contributed by atoms with Crippen molar-refractivity contribution in [2.75, 3.05) is 26.7 Å². The van der Waals surface area contributed by atoms with Crippen molar-refractivity contribution in [3.63, 3.8) is 0 Å². The predicted molar refractivity (Wildman–Crippen MR) is 69.6 cm³/mol. The Labute approximate surface area is 109 Å². The molecule has 17 heavy (non-hydrogen) atoms. The van der Waals surface area contributed by atoms with Crippen LogP contribution in [0, 0.1) is 5.82 Å². The lowest BCUT2D eigenvalue weighted by Gasteiger charge is -2.14. The van der Waals surface area contributed by atoms with Gasteiger partial charge in [0.1, 0.15) is 5.82 Å². The molecule has 0 aliphatic heterocycles. The molecule has 0 fully saturated rings. The molecule has 0 radical (unpaired) electrons. The Kier molecular flexibility index (Phi) is 5.58. The Morgan fingerprint density at radius 2 is 2.24 bits per heavy atom. The van der Waals surface area contributed by atoms with Crippen LogP contribution in [0.3, 0.4) is 0 Å². The Morgan fingerprint density at radius 1 is 1.53 bits per heavy atom. The van der Waals surface area contributed by atoms with Crippen molar-refractivity contribution < 1.29 is 9.18 Å². The third-order valence-electron chi connectivity index (χ3n) is 2.51. The van der Waals surface area contributed by atoms with Gasteiger partial charge in [0.05, 0.1) is 5.56 Å². The number of hydrogen-bond donors (Lipinski definition) is 1. The van der Waals surface area contributed by atoms with Crippen molar-refractivity contribution in [3.8, 4) is 0 Å². The van der Waals surface area contributed by atoms with Gasteiger partial charge in [0.2, 0.25) is 0 Å². The van der Waals surface area contributed by atoms with Crippen molar-refractivity contribution in [2.45, 2.75) is 6.92 Å². The molecule has 1 aromatic carbocycles. The number of amides is 1. The van der Waals surface area contributed by atoms with Crippen LogP contribution in [0.15, 0.2) is 22.7 Å². The van der Waals surface area contributed by atoms with E-state index >= 15 is 0 Å². The predicted octanol–water partition coefficient (Wildman–Crippen LogP) is 2.27. The second kappa shape index (κ2) is 6.71. The van der Waals surface area contributed by atoms with Crippen LogP contribution < -0.4 is 5.32 Å². The van der Waals surface area contributed by atoms with Crippen LogP contribution in [-0.2, 0) is 0 Å². The van der Waals surface area contributed by atoms with Gasteiger partial charge in [0.25, 0.3) is 5.91 Å². The Balaban J connectivity index is 2.59. The standard InChI is InChI=1S/C12H16BrFN2O/c1-3-16(2)8-7-15-12(17)11-9(13)5-4-6-10(11)14/h4-6H,3,7-8H2,1-2H3,(H,15,17). The topological polar surface area (TPSA) is 32.3 Å². The number of carbonyl (C=O) groups is 1. The first-order valence-electron chi connectivity index (χ1n) is 5.47. The molecule has 0 unspecified atom stereocenters. The monoisotopic (exact) mass is 302 g/mol. The summed E-state index contributed by atoms with van der Waals surface area (Å²) in [5.74, 6) is -0.903. The quantitative estimate of drug-likeness (QED) is 0.905. The number of benzene rings is 1. The molecule has 3 nitrogen and oxygen atoms in total. The lowest BCUT2D eigenvalue weighted by Crippen LogP contribution is -2.33. The van der Waals surface area contributed by atoms with E-state index in [2.05, 4.69) is 26.1 Å². The van der Waals surface area contributed by atoms with Gasteiger partial charge in [-0.05, 0) is 41.7 Å². The number of nitrogens with zero attached hydrogens (tertiary/aromatic N) is 1. The van der Waals surface area contributed by atoms with Gasteiger partial charge in [0, 0.05) is 17.6 Å². The highest BCUT2D eigenvalue weighted by molar-refractivity contribution is 9.10. The Morgan fingerprint density at radius 3 is 2.82 bits per heavy atom. The van der Waals surface area contributed by atoms with Gasteiger partial charge in [-0.3, -0.25) is 4.79 Å². The summed E-state index contributed by atoms with van der Waals surface area (Å²) in [5, 5.41) is 2.70. The molecule has 1 N–H and O–H groups in total. The molecule has 1 amide bonds. The maximum Gasteiger partial charge on any atom is 0.255 e. The van der Waals surface area contributed by atoms with E-state index in [1.165, 1.54) is 6.07 Å². The average molecular weight is 303 g/mol. The highest BCUT2D eigenvalue weighted by Crippen LogP contribution is 2.19. The second-order valence-electron chi connectivity index (χ2n) is 3.75. The van der Waals surface area contributed by atoms with Crippen LogP contribution in [0.1, 0.15) is 17.3 Å². The number of halogens is 2. The molecule has 94 valence electrons. The molecule has 0 atom stereocenters. The van der Waals surface area contributed by atoms with Crippen LogP contribution in [-0.4, -0.2) is 37.5 Å². The van der Waals surface area contributed by atoms with Crippen molar-refractivity contribution in [1.82, 2.24) is 10.2 Å². The van der Waals surface area contributed by atoms with E-state index in [-0.39, 0.29) is 11.5 Å². The minimum atomic E-state index is -0.513. The summed E-state index contributed by atoms with van der Waals surface area (Å²) >= 11 is 3.17. The van der Waals surface area contributed by atoms with Crippen molar-refractivity contribution in [3.05, 3.63) is 34.1 Å². The van der Waals surface area contributed by atoms with Crippen molar-refractivity contribution in [1.29, 1.82) is 0 Å². The fourth-order valence-corrected chi connectivity index (χ4v) is 1.84. The minimum absolute atomic E-state index is 0.0617. The normalized spacial score (nSPS) is 10.6. The number of carbonyl (C=O) groups excluding carboxylic acids is 1. The first-order valence-corrected chi connectivity index (χ1v) is 6.26. The molecule has 0 saturated carbocycles. The van der Waals surface area contributed by atoms with Crippen LogP contribution in [0.4, 0.5) is 4.39 Å². The zero-order chi connectivity index (χ0) is 12.8. The number of hydrogen-bond acceptors (Lipinski definition) is 2. The first-order chi connectivity index (χ1) is 8.06. The van der Waals surface area contributed by atoms with E-state index in [1.807, 2.05) is 14.0 Å². The van der Waals surface area contributed by atoms with Crippen molar-refractivity contribution >= 4 is 21.8 Å². The SMILES string of the molecule is CCN(C)CCNC(=O)c1c(F)cccc1Br. The third kappa shape index (κ3) is 4.09. The van der Waals surface area contributed by atoms with Gasteiger partial charge in [0.15, 0.2) is 0 Å². The van der Waals surface area contributed by atoms with E-state index in [0.717, 1.165) is 13.1 Å². The molecule has 0 aliphatic carbocycles. The zero-order valence-corrected chi connectivity index (χ0v) is 11.6. The second-order valence-corrected chi connectivity index (χ2v) is 4.60. The lowest BCUT2D eigenvalue weighted by molar-refractivity contribution is 0.0945. The number of rotatable bonds is 5. The number of likely N-dealkylation sites (N-methyl/N-ethyl adjacent to an activating group) is 1. The van der Waals surface area contributed by atoms with Crippen LogP contribution in [0.2, 0.25) is 0 Å². The molecule has 0 heterocycles. The molecule has 0 aromatic heterocycles. The maximum absolute atomic E-state index is 13.5. The molecule has 1 rings (SSSR count). The van der Waals surface area contributed by atoms with E-state index in [1.54, 1.807) is 12.1 Å². The summed E-state index contributed by atoms with van der Waals surface area (Å²) in [6, 6.07) is 4.48. The van der Waals surface area contributed by atoms with Gasteiger partial charge in [-0.2, -0.15) is 0 Å². The van der Waals surface area contributed by atoms with Crippen molar-refractivity contribution in [2.24, 2.45) is 0 Å². The molecular formula is C12H16BrFN2O. The molecule has 5 heteroatoms. The Hall–Kier alpha value is -0.940. The van der Waals surface area contributed by atoms with E-state index in [0.29, 0.717) is 11.0 Å². The third-order valence-corrected chi connectivity index (χ3v) is 3.17. The smallest absolute Gasteiger partial charge is 0.255 e. The maximum atomic E-state index is 13.5. The summed E-state index contributed by atoms with van der Waals surface area (Å²) in [5.41, 5.74) is 0.0617. The summed E-state index contributed by atoms with van der Waals surface area (Å²) in [6.07, 6.45) is 0. The molecular weight excluding hydrogens is 287 g/mol. The van der Waals surface area contributed by atoms with Gasteiger partial charge in [-0.1, -0.05) is 13.0 Å². The Bertz CT molecular complexity index is 378. The van der Waals surface area contributed by atoms with Gasteiger partial charge in [-0.25, -0.2) is 4.39 Å². The fraction of sp³-hybridized carbons (Fsp3) is 0.417. The zero-order valence-electron chi connectivity index (χ0n) is 9.96. The van der Waals surface area contributed by atoms with E-state index < -0.39 is 5.82 Å². The molecule has 0 aliphatic rings. The molecule has 0 saturated heterocycles. The largest absolute Gasteiger partial charge is 0.351 e. The fourth-order valence-electron chi connectivity index (χ4n) is 1.32. The van der Waals surface area contributed by atoms with E-state index in [9.17, 15) is 9.18 Å². The summed E-state index contributed by atoms with van der Waals surface area (Å²) in [4.78, 5) is 13.8. The highest BCUT2D eigenvalue weighted by Gasteiger charge is 2.14. The van der Waals surface area contributed by atoms with Crippen LogP contribution in [0.5, 0.6) is 0 Å². The summed E-state index contributed by atoms with van der Waals surface area (Å²) in [7, 11) is 1.96. The average Bonchev–Trinajstić information content (AvgIpc) is 2.28. The van der Waals surface area contributed by atoms with Gasteiger partial charge >= 0.3 is 0 Å². The highest BCUT2D eigenvalue weighted by atomic mass is 79.9. The molecule has 1 aromatic rings. The molecule has 0 spiro atoms.